The van der Waals surface area contributed by atoms with Crippen LogP contribution >= 0.6 is 22.9 Å². The average Bonchev–Trinajstić information content (AvgIpc) is 3.26. The number of fused-ring (bicyclic) bond motifs is 1. The number of halogens is 1. The highest BCUT2D eigenvalue weighted by Gasteiger charge is 2.22. The molecular formula is C17H19ClN4S. The van der Waals surface area contributed by atoms with E-state index in [-0.39, 0.29) is 0 Å². The van der Waals surface area contributed by atoms with E-state index >= 15 is 0 Å². The highest BCUT2D eigenvalue weighted by molar-refractivity contribution is 7.19. The van der Waals surface area contributed by atoms with Crippen LogP contribution in [0.1, 0.15) is 19.0 Å². The molecule has 3 aromatic heterocycles. The highest BCUT2D eigenvalue weighted by Crippen LogP contribution is 2.31. The average molecular weight is 347 g/mol. The Morgan fingerprint density at radius 3 is 2.96 bits per heavy atom. The van der Waals surface area contributed by atoms with Gasteiger partial charge in [0.2, 0.25) is 0 Å². The minimum absolute atomic E-state index is 0.711. The van der Waals surface area contributed by atoms with Crippen LogP contribution in [-0.2, 0) is 6.42 Å². The molecule has 0 aliphatic carbocycles. The quantitative estimate of drug-likeness (QED) is 0.716. The zero-order chi connectivity index (χ0) is 15.8. The minimum atomic E-state index is 0.711. The zero-order valence-corrected chi connectivity index (χ0v) is 14.6. The molecule has 4 rings (SSSR count). The predicted octanol–water partition coefficient (Wildman–Crippen LogP) is 4.00. The second-order valence-corrected chi connectivity index (χ2v) is 7.81. The molecule has 0 amide bonds. The van der Waals surface area contributed by atoms with Gasteiger partial charge in [0.15, 0.2) is 5.65 Å². The first kappa shape index (κ1) is 15.1. The van der Waals surface area contributed by atoms with Crippen LogP contribution in [0.2, 0.25) is 4.34 Å². The summed E-state index contributed by atoms with van der Waals surface area (Å²) in [6.45, 7) is 5.78. The topological polar surface area (TPSA) is 33.4 Å². The zero-order valence-electron chi connectivity index (χ0n) is 13.1. The summed E-state index contributed by atoms with van der Waals surface area (Å²) in [7, 11) is 0. The third-order valence-corrected chi connectivity index (χ3v) is 5.81. The molecule has 4 heterocycles. The smallest absolute Gasteiger partial charge is 0.154 e. The van der Waals surface area contributed by atoms with Crippen molar-refractivity contribution in [2.45, 2.75) is 19.8 Å². The van der Waals surface area contributed by atoms with Crippen LogP contribution in [-0.4, -0.2) is 39.1 Å². The van der Waals surface area contributed by atoms with Gasteiger partial charge in [0.25, 0.3) is 0 Å². The summed E-state index contributed by atoms with van der Waals surface area (Å²) in [4.78, 5) is 8.07. The molecule has 0 aromatic carbocycles. The molecule has 1 aliphatic heterocycles. The van der Waals surface area contributed by atoms with Crippen LogP contribution in [0, 0.1) is 5.92 Å². The monoisotopic (exact) mass is 346 g/mol. The Bertz CT molecular complexity index is 825. The molecule has 1 saturated heterocycles. The Balaban J connectivity index is 1.62. The number of aromatic nitrogens is 3. The number of hydrogen-bond donors (Lipinski definition) is 0. The van der Waals surface area contributed by atoms with E-state index in [1.54, 1.807) is 11.3 Å². The van der Waals surface area contributed by atoms with Crippen LogP contribution in [0.3, 0.4) is 0 Å². The van der Waals surface area contributed by atoms with Gasteiger partial charge in [0.05, 0.1) is 21.1 Å². The molecule has 0 bridgehead atoms. The highest BCUT2D eigenvalue weighted by atomic mass is 35.5. The van der Waals surface area contributed by atoms with Crippen LogP contribution in [0.15, 0.2) is 30.5 Å². The number of likely N-dealkylation sites (tertiary alicyclic amines) is 1. The summed E-state index contributed by atoms with van der Waals surface area (Å²) < 4.78 is 2.74. The fourth-order valence-electron chi connectivity index (χ4n) is 3.30. The number of nitrogens with zero attached hydrogens (tertiary/aromatic N) is 4. The summed E-state index contributed by atoms with van der Waals surface area (Å²) in [5, 5.41) is 4.83. The van der Waals surface area contributed by atoms with Gasteiger partial charge in [0.1, 0.15) is 5.69 Å². The van der Waals surface area contributed by atoms with Crippen LogP contribution in [0.5, 0.6) is 0 Å². The van der Waals surface area contributed by atoms with Gasteiger partial charge in [-0.05, 0) is 56.1 Å². The van der Waals surface area contributed by atoms with Crippen LogP contribution in [0.25, 0.3) is 16.2 Å². The standard InChI is InChI=1S/C17H19ClN4S/c1-2-21-8-7-12(11-21)9-13-3-6-17-19-10-14(22(17)20-13)15-4-5-16(18)23-15/h3-6,10,12H,2,7-9,11H2,1H3. The van der Waals surface area contributed by atoms with Crippen LogP contribution in [0.4, 0.5) is 0 Å². The molecule has 1 aliphatic rings. The lowest BCUT2D eigenvalue weighted by molar-refractivity contribution is 0.341. The fraction of sp³-hybridized carbons (Fsp3) is 0.412. The first-order valence-electron chi connectivity index (χ1n) is 8.04. The van der Waals surface area contributed by atoms with E-state index in [0.29, 0.717) is 5.92 Å². The van der Waals surface area contributed by atoms with Crippen molar-refractivity contribution in [3.05, 3.63) is 40.5 Å². The summed E-state index contributed by atoms with van der Waals surface area (Å²) in [6, 6.07) is 8.12. The molecule has 6 heteroatoms. The van der Waals surface area contributed by atoms with Crippen molar-refractivity contribution in [3.8, 4) is 10.6 Å². The Labute approximate surface area is 144 Å². The molecule has 1 fully saturated rings. The molecular weight excluding hydrogens is 328 g/mol. The lowest BCUT2D eigenvalue weighted by Crippen LogP contribution is -2.20. The van der Waals surface area contributed by atoms with E-state index < -0.39 is 0 Å². The van der Waals surface area contributed by atoms with Gasteiger partial charge < -0.3 is 4.90 Å². The lowest BCUT2D eigenvalue weighted by atomic mass is 10.0. The molecule has 0 saturated carbocycles. The molecule has 1 unspecified atom stereocenters. The summed E-state index contributed by atoms with van der Waals surface area (Å²) >= 11 is 7.62. The number of imidazole rings is 1. The first-order chi connectivity index (χ1) is 11.2. The van der Waals surface area contributed by atoms with E-state index in [1.165, 1.54) is 19.5 Å². The predicted molar refractivity (Wildman–Crippen MR) is 95.2 cm³/mol. The van der Waals surface area contributed by atoms with Gasteiger partial charge >= 0.3 is 0 Å². The number of thiophene rings is 1. The molecule has 1 atom stereocenters. The van der Waals surface area contributed by atoms with E-state index in [4.69, 9.17) is 16.7 Å². The van der Waals surface area contributed by atoms with Crippen molar-refractivity contribution in [3.63, 3.8) is 0 Å². The van der Waals surface area contributed by atoms with Gasteiger partial charge in [-0.25, -0.2) is 9.50 Å². The van der Waals surface area contributed by atoms with E-state index in [2.05, 4.69) is 28.9 Å². The van der Waals surface area contributed by atoms with E-state index in [9.17, 15) is 0 Å². The lowest BCUT2D eigenvalue weighted by Gasteiger charge is -2.12. The van der Waals surface area contributed by atoms with Gasteiger partial charge in [-0.1, -0.05) is 18.5 Å². The summed E-state index contributed by atoms with van der Waals surface area (Å²) in [5.74, 6) is 0.711. The Morgan fingerprint density at radius 2 is 2.22 bits per heavy atom. The molecule has 120 valence electrons. The fourth-order valence-corrected chi connectivity index (χ4v) is 4.34. The number of hydrogen-bond acceptors (Lipinski definition) is 4. The van der Waals surface area contributed by atoms with Crippen LogP contribution < -0.4 is 0 Å². The third kappa shape index (κ3) is 3.01. The van der Waals surface area contributed by atoms with Gasteiger partial charge in [0, 0.05) is 6.54 Å². The second kappa shape index (κ2) is 6.23. The molecule has 4 nitrogen and oxygen atoms in total. The van der Waals surface area contributed by atoms with Crippen molar-refractivity contribution < 1.29 is 0 Å². The molecule has 0 radical (unpaired) electrons. The van der Waals surface area contributed by atoms with E-state index in [0.717, 1.165) is 39.2 Å². The largest absolute Gasteiger partial charge is 0.303 e. The second-order valence-electron chi connectivity index (χ2n) is 6.09. The summed E-state index contributed by atoms with van der Waals surface area (Å²) in [6.07, 6.45) is 4.18. The number of rotatable bonds is 4. The van der Waals surface area contributed by atoms with Crippen molar-refractivity contribution in [1.29, 1.82) is 0 Å². The van der Waals surface area contributed by atoms with Crippen molar-refractivity contribution >= 4 is 28.6 Å². The van der Waals surface area contributed by atoms with Gasteiger partial charge in [-0.15, -0.1) is 11.3 Å². The molecule has 3 aromatic rings. The Kier molecular flexibility index (Phi) is 4.09. The maximum Gasteiger partial charge on any atom is 0.154 e. The SMILES string of the molecule is CCN1CCC(Cc2ccc3ncc(-c4ccc(Cl)s4)n3n2)C1. The Morgan fingerprint density at radius 1 is 1.30 bits per heavy atom. The Hall–Kier alpha value is -1.43. The maximum absolute atomic E-state index is 6.06. The van der Waals surface area contributed by atoms with Gasteiger partial charge in [-0.2, -0.15) is 5.10 Å². The summed E-state index contributed by atoms with van der Waals surface area (Å²) in [5.41, 5.74) is 3.04. The first-order valence-corrected chi connectivity index (χ1v) is 9.24. The molecule has 0 spiro atoms. The van der Waals surface area contributed by atoms with E-state index in [1.807, 2.05) is 22.8 Å². The minimum Gasteiger partial charge on any atom is -0.303 e. The van der Waals surface area contributed by atoms with Crippen molar-refractivity contribution in [2.24, 2.45) is 5.92 Å². The van der Waals surface area contributed by atoms with Crippen molar-refractivity contribution in [2.75, 3.05) is 19.6 Å². The normalized spacial score (nSPS) is 19.0. The maximum atomic E-state index is 6.06. The molecule has 23 heavy (non-hydrogen) atoms. The third-order valence-electron chi connectivity index (χ3n) is 4.56. The van der Waals surface area contributed by atoms with Gasteiger partial charge in [-0.3, -0.25) is 0 Å². The van der Waals surface area contributed by atoms with Crippen molar-refractivity contribution in [1.82, 2.24) is 19.5 Å². The molecule has 0 N–H and O–H groups in total.